The molecule has 1 heterocycles. The minimum atomic E-state index is -3.75. The van der Waals surface area contributed by atoms with Gasteiger partial charge in [0.2, 0.25) is 0 Å². The summed E-state index contributed by atoms with van der Waals surface area (Å²) >= 11 is 1.12. The zero-order valence-electron chi connectivity index (χ0n) is 14.5. The fraction of sp³-hybridized carbons (Fsp3) is 0.167. The Morgan fingerprint density at radius 1 is 1.19 bits per heavy atom. The number of hydrogen-bond donors (Lipinski definition) is 1. The van der Waals surface area contributed by atoms with Crippen LogP contribution in [0.2, 0.25) is 0 Å². The molecule has 140 valence electrons. The van der Waals surface area contributed by atoms with Crippen LogP contribution in [-0.2, 0) is 16.4 Å². The van der Waals surface area contributed by atoms with E-state index in [0.717, 1.165) is 29.7 Å². The maximum Gasteiger partial charge on any atom is 0.270 e. The molecule has 9 heteroatoms. The van der Waals surface area contributed by atoms with Gasteiger partial charge in [0.15, 0.2) is 5.13 Å². The molecule has 2 aromatic carbocycles. The number of aryl methyl sites for hydroxylation is 1. The molecule has 0 unspecified atom stereocenters. The van der Waals surface area contributed by atoms with E-state index in [9.17, 15) is 18.5 Å². The second-order valence-corrected chi connectivity index (χ2v) is 8.39. The Labute approximate surface area is 160 Å². The van der Waals surface area contributed by atoms with Gasteiger partial charge in [0.1, 0.15) is 0 Å². The summed E-state index contributed by atoms with van der Waals surface area (Å²) in [6, 6.07) is 12.8. The predicted octanol–water partition coefficient (Wildman–Crippen LogP) is 4.47. The van der Waals surface area contributed by atoms with Crippen LogP contribution in [-0.4, -0.2) is 18.3 Å². The standard InChI is InChI=1S/C18H17N3O4S2/c1-2-4-13-7-9-16(10-8-13)27(24,25)20-18-19-17(12-26-18)14-5-3-6-15(11-14)21(22)23/h3,5-12H,2,4H2,1H3,(H,19,20). The van der Waals surface area contributed by atoms with Crippen molar-refractivity contribution >= 4 is 32.2 Å². The zero-order chi connectivity index (χ0) is 19.4. The second-order valence-electron chi connectivity index (χ2n) is 5.84. The van der Waals surface area contributed by atoms with Crippen LogP contribution in [0.4, 0.5) is 10.8 Å². The molecule has 0 saturated carbocycles. The summed E-state index contributed by atoms with van der Waals surface area (Å²) in [5.74, 6) is 0. The zero-order valence-corrected chi connectivity index (χ0v) is 16.1. The molecular formula is C18H17N3O4S2. The minimum absolute atomic E-state index is 0.0465. The lowest BCUT2D eigenvalue weighted by atomic mass is 10.1. The summed E-state index contributed by atoms with van der Waals surface area (Å²) in [7, 11) is -3.75. The minimum Gasteiger partial charge on any atom is -0.258 e. The van der Waals surface area contributed by atoms with E-state index in [0.29, 0.717) is 11.3 Å². The number of anilines is 1. The molecule has 0 aliphatic rings. The van der Waals surface area contributed by atoms with Gasteiger partial charge in [0.25, 0.3) is 15.7 Å². The van der Waals surface area contributed by atoms with Gasteiger partial charge < -0.3 is 0 Å². The van der Waals surface area contributed by atoms with Gasteiger partial charge in [-0.1, -0.05) is 37.6 Å². The highest BCUT2D eigenvalue weighted by atomic mass is 32.2. The smallest absolute Gasteiger partial charge is 0.258 e. The third kappa shape index (κ3) is 4.50. The average Bonchev–Trinajstić information content (AvgIpc) is 3.10. The normalized spacial score (nSPS) is 11.3. The molecule has 0 atom stereocenters. The van der Waals surface area contributed by atoms with Gasteiger partial charge in [-0.15, -0.1) is 11.3 Å². The topological polar surface area (TPSA) is 102 Å². The van der Waals surface area contributed by atoms with Crippen molar-refractivity contribution in [3.8, 4) is 11.3 Å². The van der Waals surface area contributed by atoms with Crippen molar-refractivity contribution in [3.05, 3.63) is 69.6 Å². The first-order valence-electron chi connectivity index (χ1n) is 8.21. The Balaban J connectivity index is 1.80. The van der Waals surface area contributed by atoms with E-state index >= 15 is 0 Å². The summed E-state index contributed by atoms with van der Waals surface area (Å²) < 4.78 is 27.5. The number of nitrogens with one attached hydrogen (secondary N) is 1. The van der Waals surface area contributed by atoms with Crippen LogP contribution in [0.1, 0.15) is 18.9 Å². The Morgan fingerprint density at radius 2 is 1.93 bits per heavy atom. The van der Waals surface area contributed by atoms with E-state index in [1.807, 2.05) is 0 Å². The van der Waals surface area contributed by atoms with Gasteiger partial charge in [-0.25, -0.2) is 13.4 Å². The van der Waals surface area contributed by atoms with Crippen molar-refractivity contribution in [3.63, 3.8) is 0 Å². The summed E-state index contributed by atoms with van der Waals surface area (Å²) in [4.78, 5) is 14.8. The highest BCUT2D eigenvalue weighted by Crippen LogP contribution is 2.28. The Hall–Kier alpha value is -2.78. The van der Waals surface area contributed by atoms with Gasteiger partial charge in [-0.3, -0.25) is 14.8 Å². The number of sulfonamides is 1. The number of hydrogen-bond acceptors (Lipinski definition) is 6. The first-order chi connectivity index (χ1) is 12.9. The van der Waals surface area contributed by atoms with Crippen LogP contribution < -0.4 is 4.72 Å². The number of nitro groups is 1. The average molecular weight is 403 g/mol. The van der Waals surface area contributed by atoms with Crippen LogP contribution in [0, 0.1) is 10.1 Å². The van der Waals surface area contributed by atoms with Gasteiger partial charge in [-0.05, 0) is 24.1 Å². The van der Waals surface area contributed by atoms with E-state index in [-0.39, 0.29) is 15.7 Å². The fourth-order valence-corrected chi connectivity index (χ4v) is 4.50. The second kappa shape index (κ2) is 7.85. The Morgan fingerprint density at radius 3 is 2.59 bits per heavy atom. The highest BCUT2D eigenvalue weighted by Gasteiger charge is 2.17. The summed E-state index contributed by atoms with van der Waals surface area (Å²) in [6.07, 6.45) is 1.89. The largest absolute Gasteiger partial charge is 0.270 e. The van der Waals surface area contributed by atoms with Gasteiger partial charge in [0, 0.05) is 23.1 Å². The van der Waals surface area contributed by atoms with Crippen molar-refractivity contribution in [2.24, 2.45) is 0 Å². The molecule has 0 fully saturated rings. The maximum absolute atomic E-state index is 12.5. The lowest BCUT2D eigenvalue weighted by Gasteiger charge is -2.06. The number of non-ortho nitro benzene ring substituents is 1. The van der Waals surface area contributed by atoms with Crippen molar-refractivity contribution in [1.82, 2.24) is 4.98 Å². The van der Waals surface area contributed by atoms with E-state index < -0.39 is 14.9 Å². The van der Waals surface area contributed by atoms with Crippen molar-refractivity contribution < 1.29 is 13.3 Å². The Kier molecular flexibility index (Phi) is 5.52. The summed E-state index contributed by atoms with van der Waals surface area (Å²) in [5.41, 5.74) is 2.06. The molecule has 27 heavy (non-hydrogen) atoms. The predicted molar refractivity (Wildman–Crippen MR) is 105 cm³/mol. The van der Waals surface area contributed by atoms with Crippen molar-refractivity contribution in [2.75, 3.05) is 4.72 Å². The third-order valence-corrected chi connectivity index (χ3v) is 6.09. The molecule has 0 spiro atoms. The van der Waals surface area contributed by atoms with Gasteiger partial charge >= 0.3 is 0 Å². The first kappa shape index (κ1) is 19.0. The van der Waals surface area contributed by atoms with Crippen LogP contribution in [0.3, 0.4) is 0 Å². The molecule has 3 rings (SSSR count). The molecule has 1 N–H and O–H groups in total. The SMILES string of the molecule is CCCc1ccc(S(=O)(=O)Nc2nc(-c3cccc([N+](=O)[O-])c3)cs2)cc1. The summed E-state index contributed by atoms with van der Waals surface area (Å²) in [5, 5.41) is 12.8. The number of nitrogens with zero attached hydrogens (tertiary/aromatic N) is 2. The number of thiazole rings is 1. The number of benzene rings is 2. The number of rotatable bonds is 7. The van der Waals surface area contributed by atoms with E-state index in [1.54, 1.807) is 41.8 Å². The van der Waals surface area contributed by atoms with Crippen LogP contribution in [0.15, 0.2) is 58.8 Å². The van der Waals surface area contributed by atoms with Crippen molar-refractivity contribution in [2.45, 2.75) is 24.7 Å². The first-order valence-corrected chi connectivity index (χ1v) is 10.6. The van der Waals surface area contributed by atoms with Gasteiger partial charge in [-0.2, -0.15) is 0 Å². The van der Waals surface area contributed by atoms with E-state index in [1.165, 1.54) is 12.1 Å². The quantitative estimate of drug-likeness (QED) is 0.463. The molecule has 1 aromatic heterocycles. The molecule has 0 radical (unpaired) electrons. The van der Waals surface area contributed by atoms with Crippen LogP contribution in [0.5, 0.6) is 0 Å². The van der Waals surface area contributed by atoms with Gasteiger partial charge in [0.05, 0.1) is 15.5 Å². The molecule has 0 aliphatic carbocycles. The molecule has 3 aromatic rings. The van der Waals surface area contributed by atoms with Crippen LogP contribution >= 0.6 is 11.3 Å². The van der Waals surface area contributed by atoms with Crippen molar-refractivity contribution in [1.29, 1.82) is 0 Å². The summed E-state index contributed by atoms with van der Waals surface area (Å²) in [6.45, 7) is 2.06. The lowest BCUT2D eigenvalue weighted by molar-refractivity contribution is -0.384. The lowest BCUT2D eigenvalue weighted by Crippen LogP contribution is -2.12. The van der Waals surface area contributed by atoms with Crippen LogP contribution in [0.25, 0.3) is 11.3 Å². The highest BCUT2D eigenvalue weighted by molar-refractivity contribution is 7.93. The van der Waals surface area contributed by atoms with E-state index in [2.05, 4.69) is 16.6 Å². The molecular weight excluding hydrogens is 386 g/mol. The fourth-order valence-electron chi connectivity index (χ4n) is 2.53. The van der Waals surface area contributed by atoms with E-state index in [4.69, 9.17) is 0 Å². The number of aromatic nitrogens is 1. The maximum atomic E-state index is 12.5. The number of nitro benzene ring substituents is 1. The molecule has 7 nitrogen and oxygen atoms in total. The molecule has 0 amide bonds. The molecule has 0 aliphatic heterocycles. The monoisotopic (exact) mass is 403 g/mol. The Bertz CT molecular complexity index is 1060. The molecule has 0 bridgehead atoms. The third-order valence-electron chi connectivity index (χ3n) is 3.85. The molecule has 0 saturated heterocycles.